The fourth-order valence-electron chi connectivity index (χ4n) is 1.37. The minimum atomic E-state index is 0.531. The lowest BCUT2D eigenvalue weighted by Crippen LogP contribution is -2.62. The first-order valence-electron chi connectivity index (χ1n) is 3.69. The molecular formula is C7H16NO+. The van der Waals surface area contributed by atoms with Crippen LogP contribution in [0.25, 0.3) is 0 Å². The summed E-state index contributed by atoms with van der Waals surface area (Å²) in [6.45, 7) is 0. The number of hydrogen-bond donors (Lipinski definition) is 1. The second kappa shape index (κ2) is 3.18. The number of ether oxygens (including phenoxy) is 1. The van der Waals surface area contributed by atoms with Crippen molar-refractivity contribution in [3.05, 3.63) is 0 Å². The zero-order chi connectivity index (χ0) is 6.69. The summed E-state index contributed by atoms with van der Waals surface area (Å²) in [5.74, 6) is 0. The van der Waals surface area contributed by atoms with E-state index in [-0.39, 0.29) is 0 Å². The van der Waals surface area contributed by atoms with E-state index < -0.39 is 0 Å². The van der Waals surface area contributed by atoms with Gasteiger partial charge in [0.1, 0.15) is 0 Å². The molecule has 0 aromatic heterocycles. The van der Waals surface area contributed by atoms with Crippen LogP contribution in [-0.4, -0.2) is 19.3 Å². The van der Waals surface area contributed by atoms with Gasteiger partial charge in [-0.3, -0.25) is 0 Å². The minimum Gasteiger partial charge on any atom is -0.381 e. The molecule has 0 saturated heterocycles. The maximum atomic E-state index is 5.21. The molecule has 2 heteroatoms. The normalized spacial score (nSPS) is 36.7. The van der Waals surface area contributed by atoms with E-state index in [4.69, 9.17) is 4.74 Å². The third-order valence-corrected chi connectivity index (χ3v) is 2.13. The van der Waals surface area contributed by atoms with Crippen LogP contribution in [-0.2, 0) is 4.74 Å². The van der Waals surface area contributed by atoms with Crippen LogP contribution in [0.2, 0.25) is 0 Å². The van der Waals surface area contributed by atoms with Crippen LogP contribution in [0.15, 0.2) is 0 Å². The molecule has 1 fully saturated rings. The van der Waals surface area contributed by atoms with Gasteiger partial charge in [-0.05, 0) is 12.8 Å². The molecular weight excluding hydrogens is 114 g/mol. The highest BCUT2D eigenvalue weighted by molar-refractivity contribution is 4.69. The summed E-state index contributed by atoms with van der Waals surface area (Å²) >= 11 is 0. The quantitative estimate of drug-likeness (QED) is 0.540. The maximum absolute atomic E-state index is 5.21. The summed E-state index contributed by atoms with van der Waals surface area (Å²) in [5.41, 5.74) is 4.01. The fourth-order valence-corrected chi connectivity index (χ4v) is 1.37. The van der Waals surface area contributed by atoms with Gasteiger partial charge >= 0.3 is 0 Å². The molecule has 0 aromatic carbocycles. The molecule has 1 aliphatic carbocycles. The van der Waals surface area contributed by atoms with Crippen molar-refractivity contribution >= 4 is 0 Å². The van der Waals surface area contributed by atoms with E-state index >= 15 is 0 Å². The molecule has 0 radical (unpaired) electrons. The fraction of sp³-hybridized carbons (Fsp3) is 1.00. The van der Waals surface area contributed by atoms with Crippen LogP contribution in [0.1, 0.15) is 25.7 Å². The first-order chi connectivity index (χ1) is 4.33. The third-order valence-electron chi connectivity index (χ3n) is 2.13. The van der Waals surface area contributed by atoms with E-state index in [9.17, 15) is 0 Å². The average molecular weight is 130 g/mol. The molecule has 0 aromatic rings. The lowest BCUT2D eigenvalue weighted by atomic mass is 9.94. The highest BCUT2D eigenvalue weighted by Gasteiger charge is 2.19. The Hall–Kier alpha value is -0.0800. The smallest absolute Gasteiger partial charge is 0.0845 e. The maximum Gasteiger partial charge on any atom is 0.0845 e. The predicted molar refractivity (Wildman–Crippen MR) is 35.9 cm³/mol. The molecule has 0 aliphatic heterocycles. The summed E-state index contributed by atoms with van der Waals surface area (Å²) in [6.07, 6.45) is 5.45. The number of hydrogen-bond acceptors (Lipinski definition) is 1. The van der Waals surface area contributed by atoms with Crippen molar-refractivity contribution in [1.82, 2.24) is 0 Å². The monoisotopic (exact) mass is 130 g/mol. The molecule has 0 spiro atoms. The van der Waals surface area contributed by atoms with E-state index in [0.717, 1.165) is 0 Å². The molecule has 54 valence electrons. The van der Waals surface area contributed by atoms with Gasteiger partial charge < -0.3 is 10.5 Å². The molecule has 2 nitrogen and oxygen atoms in total. The van der Waals surface area contributed by atoms with Gasteiger partial charge in [-0.2, -0.15) is 0 Å². The Bertz CT molecular complexity index is 77.0. The van der Waals surface area contributed by atoms with Gasteiger partial charge in [-0.15, -0.1) is 0 Å². The SMILES string of the molecule is COC1CCC([NH3+])CC1. The Morgan fingerprint density at radius 1 is 1.22 bits per heavy atom. The van der Waals surface area contributed by atoms with Gasteiger partial charge in [0.25, 0.3) is 0 Å². The first kappa shape index (κ1) is 7.03. The number of methoxy groups -OCH3 is 1. The predicted octanol–water partition coefficient (Wildman–Crippen LogP) is 0.186. The molecule has 0 bridgehead atoms. The Morgan fingerprint density at radius 3 is 2.22 bits per heavy atom. The van der Waals surface area contributed by atoms with E-state index in [1.807, 2.05) is 0 Å². The van der Waals surface area contributed by atoms with Crippen LogP contribution < -0.4 is 5.73 Å². The number of quaternary nitrogens is 1. The van der Waals surface area contributed by atoms with Crippen LogP contribution >= 0.6 is 0 Å². The van der Waals surface area contributed by atoms with Crippen molar-refractivity contribution in [1.29, 1.82) is 0 Å². The van der Waals surface area contributed by atoms with Gasteiger partial charge in [0, 0.05) is 20.0 Å². The van der Waals surface area contributed by atoms with Crippen LogP contribution in [0.3, 0.4) is 0 Å². The lowest BCUT2D eigenvalue weighted by molar-refractivity contribution is -0.427. The van der Waals surface area contributed by atoms with Gasteiger partial charge in [0.15, 0.2) is 0 Å². The van der Waals surface area contributed by atoms with Gasteiger partial charge in [-0.1, -0.05) is 0 Å². The van der Waals surface area contributed by atoms with Crippen LogP contribution in [0, 0.1) is 0 Å². The van der Waals surface area contributed by atoms with Gasteiger partial charge in [0.05, 0.1) is 12.1 Å². The van der Waals surface area contributed by atoms with Crippen molar-refractivity contribution in [2.24, 2.45) is 0 Å². The van der Waals surface area contributed by atoms with Crippen molar-refractivity contribution in [3.8, 4) is 0 Å². The van der Waals surface area contributed by atoms with Crippen LogP contribution in [0.5, 0.6) is 0 Å². The van der Waals surface area contributed by atoms with E-state index in [2.05, 4.69) is 5.73 Å². The highest BCUT2D eigenvalue weighted by Crippen LogP contribution is 2.17. The highest BCUT2D eigenvalue weighted by atomic mass is 16.5. The van der Waals surface area contributed by atoms with E-state index in [1.54, 1.807) is 7.11 Å². The largest absolute Gasteiger partial charge is 0.381 e. The molecule has 3 N–H and O–H groups in total. The Morgan fingerprint density at radius 2 is 1.78 bits per heavy atom. The summed E-state index contributed by atoms with van der Waals surface area (Å²) in [4.78, 5) is 0. The Kier molecular flexibility index (Phi) is 2.49. The summed E-state index contributed by atoms with van der Waals surface area (Å²) in [6, 6.07) is 0.691. The van der Waals surface area contributed by atoms with Crippen molar-refractivity contribution in [3.63, 3.8) is 0 Å². The zero-order valence-corrected chi connectivity index (χ0v) is 6.10. The second-order valence-corrected chi connectivity index (χ2v) is 2.88. The number of rotatable bonds is 1. The molecule has 1 rings (SSSR count). The second-order valence-electron chi connectivity index (χ2n) is 2.88. The van der Waals surface area contributed by atoms with Gasteiger partial charge in [0.2, 0.25) is 0 Å². The third kappa shape index (κ3) is 1.95. The lowest BCUT2D eigenvalue weighted by Gasteiger charge is -2.22. The first-order valence-corrected chi connectivity index (χ1v) is 3.69. The minimum absolute atomic E-state index is 0.531. The zero-order valence-electron chi connectivity index (χ0n) is 6.10. The Balaban J connectivity index is 2.18. The average Bonchev–Trinajstić information content (AvgIpc) is 1.90. The molecule has 9 heavy (non-hydrogen) atoms. The summed E-state index contributed by atoms with van der Waals surface area (Å²) in [7, 11) is 1.80. The van der Waals surface area contributed by atoms with Crippen molar-refractivity contribution in [2.45, 2.75) is 37.8 Å². The topological polar surface area (TPSA) is 36.9 Å². The Labute approximate surface area is 56.4 Å². The van der Waals surface area contributed by atoms with E-state index in [0.29, 0.717) is 12.1 Å². The molecule has 0 atom stereocenters. The van der Waals surface area contributed by atoms with Crippen molar-refractivity contribution < 1.29 is 10.5 Å². The summed E-state index contributed by atoms with van der Waals surface area (Å²) in [5, 5.41) is 0. The van der Waals surface area contributed by atoms with Crippen LogP contribution in [0.4, 0.5) is 0 Å². The standard InChI is InChI=1S/C7H15NO/c1-9-7-4-2-6(8)3-5-7/h6-7H,2-5,8H2,1H3/p+1. The van der Waals surface area contributed by atoms with Gasteiger partial charge in [-0.25, -0.2) is 0 Å². The molecule has 1 aliphatic rings. The van der Waals surface area contributed by atoms with Crippen molar-refractivity contribution in [2.75, 3.05) is 7.11 Å². The van der Waals surface area contributed by atoms with E-state index in [1.165, 1.54) is 25.7 Å². The molecule has 0 amide bonds. The molecule has 0 unspecified atom stereocenters. The molecule has 0 heterocycles. The molecule has 1 saturated carbocycles. The summed E-state index contributed by atoms with van der Waals surface area (Å²) < 4.78 is 5.21.